The van der Waals surface area contributed by atoms with E-state index in [-0.39, 0.29) is 11.6 Å². The molecule has 2 nitrogen and oxygen atoms in total. The maximum absolute atomic E-state index is 6.13. The Morgan fingerprint density at radius 2 is 2.00 bits per heavy atom. The van der Waals surface area contributed by atoms with Gasteiger partial charge < -0.3 is 10.1 Å². The molecule has 0 bridgehead atoms. The number of rotatable bonds is 4. The smallest absolute Gasteiger partial charge is 0.0978 e. The van der Waals surface area contributed by atoms with E-state index in [2.05, 4.69) is 56.4 Å². The summed E-state index contributed by atoms with van der Waals surface area (Å²) in [4.78, 5) is 0. The van der Waals surface area contributed by atoms with Crippen LogP contribution >= 0.6 is 0 Å². The van der Waals surface area contributed by atoms with Crippen LogP contribution in [0.5, 0.6) is 0 Å². The molecular formula is C16H25NO. The third-order valence-electron chi connectivity index (χ3n) is 3.56. The minimum absolute atomic E-state index is 0.0870. The highest BCUT2D eigenvalue weighted by atomic mass is 16.5. The van der Waals surface area contributed by atoms with Gasteiger partial charge in [0.1, 0.15) is 0 Å². The van der Waals surface area contributed by atoms with Crippen LogP contribution < -0.4 is 5.32 Å². The summed E-state index contributed by atoms with van der Waals surface area (Å²) >= 11 is 0. The zero-order chi connectivity index (χ0) is 13.0. The quantitative estimate of drug-likeness (QED) is 0.876. The van der Waals surface area contributed by atoms with Crippen LogP contribution in [0.25, 0.3) is 0 Å². The first-order chi connectivity index (χ1) is 8.62. The van der Waals surface area contributed by atoms with E-state index in [1.165, 1.54) is 24.8 Å². The molecule has 1 N–H and O–H groups in total. The van der Waals surface area contributed by atoms with Crippen molar-refractivity contribution in [3.8, 4) is 0 Å². The van der Waals surface area contributed by atoms with Crippen molar-refractivity contribution in [2.45, 2.75) is 57.7 Å². The van der Waals surface area contributed by atoms with E-state index < -0.39 is 0 Å². The van der Waals surface area contributed by atoms with Gasteiger partial charge in [-0.25, -0.2) is 0 Å². The minimum Gasteiger partial charge on any atom is -0.370 e. The molecule has 2 atom stereocenters. The van der Waals surface area contributed by atoms with Gasteiger partial charge in [0.05, 0.1) is 12.7 Å². The van der Waals surface area contributed by atoms with Crippen molar-refractivity contribution in [2.24, 2.45) is 0 Å². The monoisotopic (exact) mass is 247 g/mol. The van der Waals surface area contributed by atoms with Crippen molar-refractivity contribution >= 4 is 0 Å². The third-order valence-corrected chi connectivity index (χ3v) is 3.56. The second kappa shape index (κ2) is 5.85. The van der Waals surface area contributed by atoms with Crippen LogP contribution in [0.3, 0.4) is 0 Å². The molecule has 2 rings (SSSR count). The number of hydrogen-bond donors (Lipinski definition) is 1. The summed E-state index contributed by atoms with van der Waals surface area (Å²) in [5.41, 5.74) is 1.38. The van der Waals surface area contributed by atoms with Gasteiger partial charge in [0, 0.05) is 11.6 Å². The first-order valence-electron chi connectivity index (χ1n) is 7.06. The number of unbranched alkanes of at least 4 members (excludes halogenated alkanes) is 1. The molecular weight excluding hydrogens is 222 g/mol. The van der Waals surface area contributed by atoms with Crippen molar-refractivity contribution < 1.29 is 4.74 Å². The van der Waals surface area contributed by atoms with Gasteiger partial charge in [0.25, 0.3) is 0 Å². The largest absolute Gasteiger partial charge is 0.370 e. The van der Waals surface area contributed by atoms with Gasteiger partial charge in [-0.3, -0.25) is 0 Å². The van der Waals surface area contributed by atoms with Crippen molar-refractivity contribution in [3.63, 3.8) is 0 Å². The van der Waals surface area contributed by atoms with Gasteiger partial charge in [-0.15, -0.1) is 0 Å². The lowest BCUT2D eigenvalue weighted by molar-refractivity contribution is -0.0567. The molecule has 0 unspecified atom stereocenters. The van der Waals surface area contributed by atoms with Gasteiger partial charge in [0.2, 0.25) is 0 Å². The van der Waals surface area contributed by atoms with Gasteiger partial charge in [-0.05, 0) is 25.8 Å². The second-order valence-corrected chi connectivity index (χ2v) is 5.92. The summed E-state index contributed by atoms with van der Waals surface area (Å²) in [6.07, 6.45) is 3.87. The fraction of sp³-hybridized carbons (Fsp3) is 0.625. The van der Waals surface area contributed by atoms with E-state index in [0.717, 1.165) is 6.61 Å². The molecule has 1 heterocycles. The summed E-state index contributed by atoms with van der Waals surface area (Å²) in [7, 11) is 0. The third kappa shape index (κ3) is 3.33. The first-order valence-corrected chi connectivity index (χ1v) is 7.06. The zero-order valence-electron chi connectivity index (χ0n) is 11.8. The van der Waals surface area contributed by atoms with Crippen molar-refractivity contribution in [1.82, 2.24) is 5.32 Å². The van der Waals surface area contributed by atoms with Crippen LogP contribution in [0.2, 0.25) is 0 Å². The van der Waals surface area contributed by atoms with Crippen LogP contribution in [0.4, 0.5) is 0 Å². The summed E-state index contributed by atoms with van der Waals surface area (Å²) < 4.78 is 6.13. The van der Waals surface area contributed by atoms with E-state index in [9.17, 15) is 0 Å². The van der Waals surface area contributed by atoms with E-state index in [1.807, 2.05) is 0 Å². The topological polar surface area (TPSA) is 21.3 Å². The Morgan fingerprint density at radius 3 is 2.67 bits per heavy atom. The molecule has 1 saturated heterocycles. The number of benzene rings is 1. The fourth-order valence-corrected chi connectivity index (χ4v) is 2.65. The van der Waals surface area contributed by atoms with E-state index in [1.54, 1.807) is 0 Å². The Bertz CT molecular complexity index is 361. The summed E-state index contributed by atoms with van der Waals surface area (Å²) in [6, 6.07) is 11.0. The van der Waals surface area contributed by atoms with E-state index in [0.29, 0.717) is 6.04 Å². The van der Waals surface area contributed by atoms with Gasteiger partial charge >= 0.3 is 0 Å². The summed E-state index contributed by atoms with van der Waals surface area (Å²) in [5, 5.41) is 3.75. The summed E-state index contributed by atoms with van der Waals surface area (Å²) in [6.45, 7) is 7.45. The molecule has 2 heteroatoms. The second-order valence-electron chi connectivity index (χ2n) is 5.92. The highest BCUT2D eigenvalue weighted by Crippen LogP contribution is 2.30. The van der Waals surface area contributed by atoms with Gasteiger partial charge in [-0.1, -0.05) is 50.1 Å². The Balaban J connectivity index is 2.12. The minimum atomic E-state index is 0.0870. The molecule has 1 aromatic rings. The van der Waals surface area contributed by atoms with Crippen molar-refractivity contribution in [2.75, 3.05) is 6.61 Å². The van der Waals surface area contributed by atoms with Gasteiger partial charge in [-0.2, -0.15) is 0 Å². The average molecular weight is 247 g/mol. The van der Waals surface area contributed by atoms with E-state index >= 15 is 0 Å². The van der Waals surface area contributed by atoms with Crippen molar-refractivity contribution in [1.29, 1.82) is 0 Å². The first kappa shape index (κ1) is 13.6. The highest BCUT2D eigenvalue weighted by Gasteiger charge is 2.35. The molecule has 0 radical (unpaired) electrons. The number of nitrogens with one attached hydrogen (secondary N) is 1. The predicted molar refractivity (Wildman–Crippen MR) is 75.7 cm³/mol. The van der Waals surface area contributed by atoms with Crippen LogP contribution in [0, 0.1) is 0 Å². The molecule has 1 aliphatic rings. The highest BCUT2D eigenvalue weighted by molar-refractivity contribution is 5.20. The Labute approximate surface area is 111 Å². The Hall–Kier alpha value is -0.860. The molecule has 0 aromatic heterocycles. The standard InChI is InChI=1S/C16H25NO/c1-4-5-11-14-15(13-9-7-6-8-10-13)18-12-16(2,3)17-14/h6-10,14-15,17H,4-5,11-12H2,1-3H3/t14-,15-/m0/s1. The number of ether oxygens (including phenoxy) is 1. The molecule has 1 fully saturated rings. The molecule has 0 saturated carbocycles. The molecule has 1 aromatic carbocycles. The predicted octanol–water partition coefficient (Wildman–Crippen LogP) is 3.68. The van der Waals surface area contributed by atoms with Crippen LogP contribution in [0.15, 0.2) is 30.3 Å². The van der Waals surface area contributed by atoms with Crippen molar-refractivity contribution in [3.05, 3.63) is 35.9 Å². The maximum atomic E-state index is 6.13. The van der Waals surface area contributed by atoms with Gasteiger partial charge in [0.15, 0.2) is 0 Å². The van der Waals surface area contributed by atoms with Crippen LogP contribution in [-0.2, 0) is 4.74 Å². The molecule has 1 aliphatic heterocycles. The van der Waals surface area contributed by atoms with Crippen LogP contribution in [0.1, 0.15) is 51.7 Å². The number of hydrogen-bond acceptors (Lipinski definition) is 2. The summed E-state index contributed by atoms with van der Waals surface area (Å²) in [5.74, 6) is 0. The fourth-order valence-electron chi connectivity index (χ4n) is 2.65. The SMILES string of the molecule is CCCC[C@@H]1NC(C)(C)CO[C@H]1c1ccccc1. The lowest BCUT2D eigenvalue weighted by Gasteiger charge is -2.42. The molecule has 18 heavy (non-hydrogen) atoms. The molecule has 0 spiro atoms. The number of morpholine rings is 1. The lowest BCUT2D eigenvalue weighted by Crippen LogP contribution is -2.56. The van der Waals surface area contributed by atoms with E-state index in [4.69, 9.17) is 4.74 Å². The zero-order valence-corrected chi connectivity index (χ0v) is 11.8. The Kier molecular flexibility index (Phi) is 4.41. The lowest BCUT2D eigenvalue weighted by atomic mass is 9.92. The molecule has 0 aliphatic carbocycles. The normalized spacial score (nSPS) is 27.1. The van der Waals surface area contributed by atoms with Crippen LogP contribution in [-0.4, -0.2) is 18.2 Å². The Morgan fingerprint density at radius 1 is 1.28 bits per heavy atom. The molecule has 0 amide bonds. The average Bonchev–Trinajstić information content (AvgIpc) is 2.36. The maximum Gasteiger partial charge on any atom is 0.0978 e. The molecule has 100 valence electrons.